The van der Waals surface area contributed by atoms with Crippen LogP contribution in [0.25, 0.3) is 22.3 Å². The first-order chi connectivity index (χ1) is 25.0. The number of rotatable bonds is 8. The van der Waals surface area contributed by atoms with Gasteiger partial charge in [0.1, 0.15) is 19.0 Å². The molecule has 14 heteroatoms. The second kappa shape index (κ2) is 12.6. The molecule has 3 aliphatic heterocycles. The molecule has 0 saturated carbocycles. The summed E-state index contributed by atoms with van der Waals surface area (Å²) in [6.07, 6.45) is 0.0245. The number of hydrogen-bond donors (Lipinski definition) is 1. The van der Waals surface area contributed by atoms with E-state index in [1.54, 1.807) is 60.0 Å². The van der Waals surface area contributed by atoms with Gasteiger partial charge >= 0.3 is 11.9 Å². The van der Waals surface area contributed by atoms with E-state index in [4.69, 9.17) is 23.9 Å². The van der Waals surface area contributed by atoms with Gasteiger partial charge in [0, 0.05) is 29.0 Å². The lowest BCUT2D eigenvalue weighted by atomic mass is 9.85. The van der Waals surface area contributed by atoms with Crippen LogP contribution in [0.3, 0.4) is 0 Å². The maximum Gasteiger partial charge on any atom is 0.355 e. The van der Waals surface area contributed by atoms with Gasteiger partial charge in [-0.3, -0.25) is 9.59 Å². The highest BCUT2D eigenvalue weighted by atomic mass is 32.2. The van der Waals surface area contributed by atoms with Gasteiger partial charge in [0.25, 0.3) is 15.6 Å². The molecule has 0 aliphatic carbocycles. The summed E-state index contributed by atoms with van der Waals surface area (Å²) in [4.78, 5) is 46.0. The van der Waals surface area contributed by atoms with E-state index in [0.717, 1.165) is 22.1 Å². The van der Waals surface area contributed by atoms with E-state index in [2.05, 4.69) is 9.71 Å². The highest BCUT2D eigenvalue weighted by Crippen LogP contribution is 2.42. The van der Waals surface area contributed by atoms with E-state index in [9.17, 15) is 22.8 Å². The van der Waals surface area contributed by atoms with Crippen molar-refractivity contribution in [1.82, 2.24) is 14.9 Å². The van der Waals surface area contributed by atoms with E-state index in [-0.39, 0.29) is 60.2 Å². The third kappa shape index (κ3) is 5.74. The van der Waals surface area contributed by atoms with Gasteiger partial charge in [-0.2, -0.15) is 8.42 Å². The second-order valence-electron chi connectivity index (χ2n) is 12.8. The molecule has 264 valence electrons. The summed E-state index contributed by atoms with van der Waals surface area (Å²) in [7, 11) is -4.15. The lowest BCUT2D eigenvalue weighted by Gasteiger charge is -2.35. The average Bonchev–Trinajstić information content (AvgIpc) is 3.74. The molecule has 0 radical (unpaired) electrons. The predicted molar refractivity (Wildman–Crippen MR) is 188 cm³/mol. The minimum Gasteiger partial charge on any atom is -0.457 e. The Morgan fingerprint density at radius 3 is 2.50 bits per heavy atom. The van der Waals surface area contributed by atoms with Crippen LogP contribution in [0.5, 0.6) is 11.5 Å². The number of carbonyl (C=O) groups excluding carboxylic acids is 2. The number of amidine groups is 1. The molecular formula is C38H32N4O9S. The van der Waals surface area contributed by atoms with Gasteiger partial charge in [-0.1, -0.05) is 55.0 Å². The number of cyclic esters (lactones) is 1. The van der Waals surface area contributed by atoms with Crippen molar-refractivity contribution in [3.05, 3.63) is 117 Å². The maximum atomic E-state index is 14.0. The van der Waals surface area contributed by atoms with Crippen molar-refractivity contribution in [3.8, 4) is 22.9 Å². The van der Waals surface area contributed by atoms with Crippen LogP contribution >= 0.6 is 0 Å². The number of pyridine rings is 2. The lowest BCUT2D eigenvalue weighted by molar-refractivity contribution is -0.188. The van der Waals surface area contributed by atoms with Crippen molar-refractivity contribution in [2.45, 2.75) is 50.3 Å². The zero-order valence-corrected chi connectivity index (χ0v) is 29.0. The molecule has 5 aromatic rings. The fraction of sp³-hybridized carbons (Fsp3) is 0.237. The number of fused-ring (bicyclic) bond motifs is 6. The summed E-state index contributed by atoms with van der Waals surface area (Å²) in [6.45, 7) is 3.04. The summed E-state index contributed by atoms with van der Waals surface area (Å²) in [5.74, 6) is -0.532. The summed E-state index contributed by atoms with van der Waals surface area (Å²) in [5.41, 5.74) is 2.17. The van der Waals surface area contributed by atoms with E-state index in [1.165, 1.54) is 12.1 Å². The number of esters is 2. The molecule has 3 aromatic carbocycles. The maximum absolute atomic E-state index is 14.0. The largest absolute Gasteiger partial charge is 0.457 e. The number of sulfonamides is 1. The molecule has 3 aliphatic rings. The number of ether oxygens (including phenoxy) is 4. The zero-order chi connectivity index (χ0) is 36.2. The van der Waals surface area contributed by atoms with Crippen molar-refractivity contribution in [2.24, 2.45) is 4.40 Å². The smallest absolute Gasteiger partial charge is 0.355 e. The molecule has 0 unspecified atom stereocenters. The monoisotopic (exact) mass is 720 g/mol. The van der Waals surface area contributed by atoms with Gasteiger partial charge in [-0.15, -0.1) is 4.40 Å². The first-order valence-electron chi connectivity index (χ1n) is 16.6. The summed E-state index contributed by atoms with van der Waals surface area (Å²) in [5, 5.41) is 3.64. The van der Waals surface area contributed by atoms with E-state index in [0.29, 0.717) is 28.4 Å². The molecule has 1 N–H and O–H groups in total. The van der Waals surface area contributed by atoms with Crippen molar-refractivity contribution >= 4 is 38.7 Å². The molecule has 0 amide bonds. The molecule has 0 spiro atoms. The van der Waals surface area contributed by atoms with Gasteiger partial charge in [-0.05, 0) is 49.2 Å². The molecule has 5 heterocycles. The van der Waals surface area contributed by atoms with Crippen LogP contribution in [-0.4, -0.2) is 49.1 Å². The minimum atomic E-state index is -4.15. The zero-order valence-electron chi connectivity index (χ0n) is 28.2. The van der Waals surface area contributed by atoms with Crippen LogP contribution in [-0.2, 0) is 54.3 Å². The van der Waals surface area contributed by atoms with Crippen molar-refractivity contribution < 1.29 is 37.0 Å². The highest BCUT2D eigenvalue weighted by molar-refractivity contribution is 7.90. The molecule has 13 nitrogen and oxygen atoms in total. The molecule has 2 aromatic heterocycles. The molecule has 1 atom stereocenters. The first kappa shape index (κ1) is 33.1. The van der Waals surface area contributed by atoms with Gasteiger partial charge in [0.05, 0.1) is 33.9 Å². The Morgan fingerprint density at radius 2 is 1.75 bits per heavy atom. The number of nitrogens with one attached hydrogen (secondary N) is 1. The fourth-order valence-corrected chi connectivity index (χ4v) is 7.76. The number of nitrogens with zero attached hydrogens (tertiary/aromatic N) is 3. The standard InChI is InChI=1S/C38H32N4O9S/c1-3-38(51-34(43)18-39-33(13-23-7-5-4-6-8-23)41-52(46,47)26-11-9-22(2)10-12-26)28-16-30-35-25(19-42(30)36(44)27(28)20-48-37(38)45)14-24-15-31-32(50-21-49-31)17-29(24)40-35/h4-12,14-17H,3,13,18-21H2,1-2H3,(H,39,41)/t38-/m0/s1. The van der Waals surface area contributed by atoms with Crippen molar-refractivity contribution in [3.63, 3.8) is 0 Å². The molecule has 52 heavy (non-hydrogen) atoms. The minimum absolute atomic E-state index is 0.00512. The Kier molecular flexibility index (Phi) is 8.05. The van der Waals surface area contributed by atoms with Crippen LogP contribution in [0, 0.1) is 6.92 Å². The van der Waals surface area contributed by atoms with Crippen molar-refractivity contribution in [1.29, 1.82) is 0 Å². The number of aromatic nitrogens is 2. The number of benzene rings is 3. The quantitative estimate of drug-likeness (QED) is 0.136. The summed E-state index contributed by atoms with van der Waals surface area (Å²) < 4.78 is 54.6. The predicted octanol–water partition coefficient (Wildman–Crippen LogP) is 4.29. The van der Waals surface area contributed by atoms with Gasteiger partial charge < -0.3 is 28.8 Å². The topological polar surface area (TPSA) is 164 Å². The van der Waals surface area contributed by atoms with Crippen LogP contribution in [0.1, 0.15) is 41.2 Å². The molecule has 0 fully saturated rings. The van der Waals surface area contributed by atoms with Crippen LogP contribution < -0.4 is 20.3 Å². The number of hydrogen-bond acceptors (Lipinski definition) is 10. The lowest BCUT2D eigenvalue weighted by Crippen LogP contribution is -2.48. The Balaban J connectivity index is 1.11. The summed E-state index contributed by atoms with van der Waals surface area (Å²) >= 11 is 0. The first-order valence-corrected chi connectivity index (χ1v) is 18.1. The average molecular weight is 721 g/mol. The number of aryl methyl sites for hydroxylation is 1. The second-order valence-corrected chi connectivity index (χ2v) is 14.4. The van der Waals surface area contributed by atoms with Gasteiger partial charge in [0.15, 0.2) is 11.5 Å². The Labute approximate surface area is 297 Å². The third-order valence-corrected chi connectivity index (χ3v) is 10.8. The Bertz CT molecular complexity index is 2500. The van der Waals surface area contributed by atoms with Crippen LogP contribution in [0.2, 0.25) is 0 Å². The SMILES string of the molecule is CC[C@@]1(OC(=O)CN/C(Cc2ccccc2)=N/S(=O)(=O)c2ccc(C)cc2)C(=O)OCc2c1cc1n(c2=O)Cc2cc3cc4c(cc3nc2-1)OCO4. The van der Waals surface area contributed by atoms with Gasteiger partial charge in [-0.25, -0.2) is 9.78 Å². The molecular weight excluding hydrogens is 689 g/mol. The highest BCUT2D eigenvalue weighted by Gasteiger charge is 2.50. The normalized spacial score (nSPS) is 17.3. The van der Waals surface area contributed by atoms with Gasteiger partial charge in [0.2, 0.25) is 12.4 Å². The van der Waals surface area contributed by atoms with E-state index < -0.39 is 34.1 Å². The third-order valence-electron chi connectivity index (χ3n) is 9.46. The van der Waals surface area contributed by atoms with E-state index in [1.807, 2.05) is 25.1 Å². The molecule has 0 bridgehead atoms. The van der Waals surface area contributed by atoms with Crippen LogP contribution in [0.15, 0.2) is 93.0 Å². The summed E-state index contributed by atoms with van der Waals surface area (Å²) in [6, 6.07) is 22.5. The fourth-order valence-electron chi connectivity index (χ4n) is 6.76. The molecule has 0 saturated heterocycles. The van der Waals surface area contributed by atoms with Crippen molar-refractivity contribution in [2.75, 3.05) is 13.3 Å². The number of carbonyl (C=O) groups is 2. The van der Waals surface area contributed by atoms with E-state index >= 15 is 0 Å². The Hall–Kier alpha value is -6.02. The van der Waals surface area contributed by atoms with Crippen LogP contribution in [0.4, 0.5) is 0 Å². The Morgan fingerprint density at radius 1 is 1.00 bits per heavy atom. The molecule has 8 rings (SSSR count).